The van der Waals surface area contributed by atoms with E-state index in [9.17, 15) is 9.59 Å². The smallest absolute Gasteiger partial charge is 0.272 e. The number of hydrogen-bond acceptors (Lipinski definition) is 3. The zero-order chi connectivity index (χ0) is 16.0. The van der Waals surface area contributed by atoms with Crippen LogP contribution in [0.25, 0.3) is 0 Å². The summed E-state index contributed by atoms with van der Waals surface area (Å²) in [6.07, 6.45) is 0. The van der Waals surface area contributed by atoms with Gasteiger partial charge in [-0.3, -0.25) is 14.3 Å². The molecule has 0 aliphatic carbocycles. The van der Waals surface area contributed by atoms with Crippen LogP contribution in [-0.2, 0) is 11.3 Å². The maximum atomic E-state index is 12.6. The van der Waals surface area contributed by atoms with Crippen molar-refractivity contribution in [2.75, 3.05) is 19.6 Å². The fourth-order valence-electron chi connectivity index (χ4n) is 2.05. The van der Waals surface area contributed by atoms with E-state index in [1.165, 1.54) is 4.90 Å². The highest BCUT2D eigenvalue weighted by molar-refractivity contribution is 5.95. The van der Waals surface area contributed by atoms with Crippen molar-refractivity contribution in [3.8, 4) is 0 Å². The highest BCUT2D eigenvalue weighted by Crippen LogP contribution is 2.16. The number of likely N-dealkylation sites (N-methyl/N-ethyl adjacent to an activating group) is 2. The van der Waals surface area contributed by atoms with Crippen LogP contribution in [-0.4, -0.2) is 46.1 Å². The van der Waals surface area contributed by atoms with Crippen LogP contribution in [0.15, 0.2) is 6.07 Å². The highest BCUT2D eigenvalue weighted by atomic mass is 16.2. The highest BCUT2D eigenvalue weighted by Gasteiger charge is 2.22. The molecule has 0 radical (unpaired) electrons. The van der Waals surface area contributed by atoms with Crippen molar-refractivity contribution in [1.82, 2.24) is 20.0 Å². The van der Waals surface area contributed by atoms with Crippen LogP contribution in [0.4, 0.5) is 0 Å². The number of aromatic nitrogens is 2. The van der Waals surface area contributed by atoms with E-state index in [1.807, 2.05) is 40.7 Å². The fraction of sp³-hybridized carbons (Fsp3) is 0.667. The van der Waals surface area contributed by atoms with Gasteiger partial charge in [-0.25, -0.2) is 0 Å². The number of nitrogens with zero attached hydrogens (tertiary/aromatic N) is 3. The van der Waals surface area contributed by atoms with E-state index in [0.29, 0.717) is 25.3 Å². The zero-order valence-electron chi connectivity index (χ0n) is 13.6. The third-order valence-corrected chi connectivity index (χ3v) is 3.29. The Morgan fingerprint density at radius 3 is 2.48 bits per heavy atom. The molecule has 2 amide bonds. The molecule has 1 aromatic heterocycles. The van der Waals surface area contributed by atoms with Gasteiger partial charge in [0.15, 0.2) is 0 Å². The zero-order valence-corrected chi connectivity index (χ0v) is 13.6. The standard InChI is InChI=1S/C15H26N4O2/c1-6-16-14(20)10-18(7-2)15(21)13-9-12(11(4)5)17-19(13)8-3/h9,11H,6-8,10H2,1-5H3,(H,16,20). The summed E-state index contributed by atoms with van der Waals surface area (Å²) in [6, 6.07) is 1.83. The Balaban J connectivity index is 2.96. The molecule has 0 aromatic carbocycles. The Morgan fingerprint density at radius 2 is 2.00 bits per heavy atom. The summed E-state index contributed by atoms with van der Waals surface area (Å²) in [6.45, 7) is 11.5. The average Bonchev–Trinajstić information content (AvgIpc) is 2.88. The summed E-state index contributed by atoms with van der Waals surface area (Å²) >= 11 is 0. The maximum absolute atomic E-state index is 12.6. The van der Waals surface area contributed by atoms with Gasteiger partial charge in [-0.15, -0.1) is 0 Å². The Morgan fingerprint density at radius 1 is 1.33 bits per heavy atom. The number of aryl methyl sites for hydroxylation is 1. The van der Waals surface area contributed by atoms with Crippen molar-refractivity contribution in [2.45, 2.75) is 47.1 Å². The van der Waals surface area contributed by atoms with E-state index >= 15 is 0 Å². The van der Waals surface area contributed by atoms with Gasteiger partial charge in [-0.2, -0.15) is 5.10 Å². The molecule has 0 fully saturated rings. The molecule has 0 saturated carbocycles. The monoisotopic (exact) mass is 294 g/mol. The number of rotatable bonds is 7. The van der Waals surface area contributed by atoms with Gasteiger partial charge in [0.1, 0.15) is 5.69 Å². The largest absolute Gasteiger partial charge is 0.355 e. The molecule has 0 spiro atoms. The van der Waals surface area contributed by atoms with E-state index in [-0.39, 0.29) is 24.3 Å². The Hall–Kier alpha value is -1.85. The van der Waals surface area contributed by atoms with E-state index in [1.54, 1.807) is 4.68 Å². The van der Waals surface area contributed by atoms with Crippen molar-refractivity contribution < 1.29 is 9.59 Å². The second-order valence-electron chi connectivity index (χ2n) is 5.20. The minimum Gasteiger partial charge on any atom is -0.355 e. The van der Waals surface area contributed by atoms with Crippen LogP contribution in [0, 0.1) is 0 Å². The predicted molar refractivity (Wildman–Crippen MR) is 82.3 cm³/mol. The van der Waals surface area contributed by atoms with Gasteiger partial charge < -0.3 is 10.2 Å². The van der Waals surface area contributed by atoms with E-state index < -0.39 is 0 Å². The lowest BCUT2D eigenvalue weighted by Crippen LogP contribution is -2.41. The van der Waals surface area contributed by atoms with Crippen molar-refractivity contribution >= 4 is 11.8 Å². The van der Waals surface area contributed by atoms with Crippen molar-refractivity contribution in [1.29, 1.82) is 0 Å². The second kappa shape index (κ2) is 7.81. The van der Waals surface area contributed by atoms with Crippen LogP contribution in [0.1, 0.15) is 56.7 Å². The van der Waals surface area contributed by atoms with E-state index in [2.05, 4.69) is 10.4 Å². The van der Waals surface area contributed by atoms with Crippen molar-refractivity contribution in [2.24, 2.45) is 0 Å². The molecule has 0 aliphatic rings. The number of nitrogens with one attached hydrogen (secondary N) is 1. The summed E-state index contributed by atoms with van der Waals surface area (Å²) < 4.78 is 1.71. The molecule has 118 valence electrons. The van der Waals surface area contributed by atoms with Gasteiger partial charge in [-0.05, 0) is 32.8 Å². The maximum Gasteiger partial charge on any atom is 0.272 e. The molecule has 1 N–H and O–H groups in total. The van der Waals surface area contributed by atoms with Gasteiger partial charge in [0.2, 0.25) is 5.91 Å². The SMILES string of the molecule is CCNC(=O)CN(CC)C(=O)c1cc(C(C)C)nn1CC. The summed E-state index contributed by atoms with van der Waals surface area (Å²) in [7, 11) is 0. The fourth-order valence-corrected chi connectivity index (χ4v) is 2.05. The van der Waals surface area contributed by atoms with Gasteiger partial charge in [0.05, 0.1) is 12.2 Å². The molecule has 0 aliphatic heterocycles. The van der Waals surface area contributed by atoms with E-state index in [4.69, 9.17) is 0 Å². The first-order valence-corrected chi connectivity index (χ1v) is 7.58. The summed E-state index contributed by atoms with van der Waals surface area (Å²) in [5.74, 6) is -0.0211. The molecular formula is C15H26N4O2. The Bertz CT molecular complexity index is 494. The summed E-state index contributed by atoms with van der Waals surface area (Å²) in [5, 5.41) is 7.16. The first-order valence-electron chi connectivity index (χ1n) is 7.58. The van der Waals surface area contributed by atoms with Gasteiger partial charge in [-0.1, -0.05) is 13.8 Å². The normalized spacial score (nSPS) is 10.8. The first-order chi connectivity index (χ1) is 9.94. The Kier molecular flexibility index (Phi) is 6.39. The van der Waals surface area contributed by atoms with Crippen molar-refractivity contribution in [3.63, 3.8) is 0 Å². The number of carbonyl (C=O) groups excluding carboxylic acids is 2. The lowest BCUT2D eigenvalue weighted by molar-refractivity contribution is -0.121. The number of hydrogen-bond donors (Lipinski definition) is 1. The lowest BCUT2D eigenvalue weighted by Gasteiger charge is -2.20. The van der Waals surface area contributed by atoms with E-state index in [0.717, 1.165) is 5.69 Å². The van der Waals surface area contributed by atoms with Gasteiger partial charge >= 0.3 is 0 Å². The molecular weight excluding hydrogens is 268 g/mol. The third kappa shape index (κ3) is 4.31. The second-order valence-corrected chi connectivity index (χ2v) is 5.20. The third-order valence-electron chi connectivity index (χ3n) is 3.29. The molecule has 1 heterocycles. The molecule has 0 saturated heterocycles. The molecule has 0 unspecified atom stereocenters. The molecule has 0 bridgehead atoms. The predicted octanol–water partition coefficient (Wildman–Crippen LogP) is 1.62. The lowest BCUT2D eigenvalue weighted by atomic mass is 10.1. The molecule has 1 rings (SSSR count). The van der Waals surface area contributed by atoms with Crippen LogP contribution in [0.3, 0.4) is 0 Å². The number of amides is 2. The number of carbonyl (C=O) groups is 2. The Labute approximate surface area is 126 Å². The summed E-state index contributed by atoms with van der Waals surface area (Å²) in [4.78, 5) is 25.8. The van der Waals surface area contributed by atoms with Gasteiger partial charge in [0.25, 0.3) is 5.91 Å². The molecule has 0 atom stereocenters. The van der Waals surface area contributed by atoms with Gasteiger partial charge in [0, 0.05) is 19.6 Å². The van der Waals surface area contributed by atoms with Crippen molar-refractivity contribution in [3.05, 3.63) is 17.5 Å². The molecule has 6 heteroatoms. The summed E-state index contributed by atoms with van der Waals surface area (Å²) in [5.41, 5.74) is 1.45. The quantitative estimate of drug-likeness (QED) is 0.831. The van der Waals surface area contributed by atoms with Crippen LogP contribution in [0.5, 0.6) is 0 Å². The van der Waals surface area contributed by atoms with Crippen LogP contribution < -0.4 is 5.32 Å². The molecule has 1 aromatic rings. The minimum absolute atomic E-state index is 0.0785. The minimum atomic E-state index is -0.148. The van der Waals surface area contributed by atoms with Crippen LogP contribution in [0.2, 0.25) is 0 Å². The molecule has 6 nitrogen and oxygen atoms in total. The van der Waals surface area contributed by atoms with Crippen LogP contribution >= 0.6 is 0 Å². The first kappa shape index (κ1) is 17.2. The topological polar surface area (TPSA) is 67.2 Å². The average molecular weight is 294 g/mol. The molecule has 21 heavy (non-hydrogen) atoms.